The van der Waals surface area contributed by atoms with Gasteiger partial charge in [-0.05, 0) is 42.0 Å². The molecule has 7 heteroatoms. The lowest BCUT2D eigenvalue weighted by Gasteiger charge is -2.37. The topological polar surface area (TPSA) is 43.9 Å². The van der Waals surface area contributed by atoms with Crippen LogP contribution in [0.2, 0.25) is 5.02 Å². The van der Waals surface area contributed by atoms with E-state index in [1.807, 2.05) is 24.3 Å². The fourth-order valence-corrected chi connectivity index (χ4v) is 3.97. The van der Waals surface area contributed by atoms with Crippen LogP contribution in [0.25, 0.3) is 0 Å². The zero-order chi connectivity index (χ0) is 19.7. The van der Waals surface area contributed by atoms with Crippen LogP contribution < -0.4 is 4.90 Å². The van der Waals surface area contributed by atoms with Crippen LogP contribution in [0.4, 0.5) is 10.1 Å². The molecule has 0 aliphatic carbocycles. The Morgan fingerprint density at radius 1 is 0.929 bits per heavy atom. The number of benzene rings is 2. The van der Waals surface area contributed by atoms with Gasteiger partial charge in [-0.15, -0.1) is 0 Å². The van der Waals surface area contributed by atoms with Gasteiger partial charge in [0.15, 0.2) is 0 Å². The third-order valence-electron chi connectivity index (χ3n) is 5.37. The molecule has 1 atom stereocenters. The van der Waals surface area contributed by atoms with Gasteiger partial charge < -0.3 is 0 Å². The van der Waals surface area contributed by atoms with E-state index in [2.05, 4.69) is 9.80 Å². The van der Waals surface area contributed by atoms with Crippen LogP contribution in [-0.2, 0) is 16.1 Å². The van der Waals surface area contributed by atoms with Crippen molar-refractivity contribution in [2.75, 3.05) is 31.1 Å². The van der Waals surface area contributed by atoms with E-state index < -0.39 is 11.9 Å². The van der Waals surface area contributed by atoms with Gasteiger partial charge in [0.25, 0.3) is 5.91 Å². The highest BCUT2D eigenvalue weighted by Gasteiger charge is 2.43. The molecule has 2 saturated heterocycles. The van der Waals surface area contributed by atoms with Crippen molar-refractivity contribution < 1.29 is 14.0 Å². The number of carbonyl (C=O) groups excluding carboxylic acids is 2. The maximum atomic E-state index is 13.1. The van der Waals surface area contributed by atoms with Crippen molar-refractivity contribution in [3.8, 4) is 0 Å². The van der Waals surface area contributed by atoms with E-state index in [-0.39, 0.29) is 18.2 Å². The van der Waals surface area contributed by atoms with E-state index in [9.17, 15) is 14.0 Å². The Morgan fingerprint density at radius 2 is 1.57 bits per heavy atom. The summed E-state index contributed by atoms with van der Waals surface area (Å²) in [6.07, 6.45) is 0.174. The molecule has 0 bridgehead atoms. The number of hydrogen-bond acceptors (Lipinski definition) is 4. The predicted molar refractivity (Wildman–Crippen MR) is 106 cm³/mol. The molecule has 0 saturated carbocycles. The molecule has 2 amide bonds. The van der Waals surface area contributed by atoms with Crippen LogP contribution >= 0.6 is 11.6 Å². The second-order valence-corrected chi connectivity index (χ2v) is 7.64. The fraction of sp³-hybridized carbons (Fsp3) is 0.333. The van der Waals surface area contributed by atoms with E-state index in [0.29, 0.717) is 5.69 Å². The van der Waals surface area contributed by atoms with Gasteiger partial charge in [0, 0.05) is 37.7 Å². The Labute approximate surface area is 168 Å². The smallest absolute Gasteiger partial charge is 0.251 e. The van der Waals surface area contributed by atoms with Gasteiger partial charge in [0.1, 0.15) is 5.82 Å². The summed E-state index contributed by atoms with van der Waals surface area (Å²) in [5.41, 5.74) is 1.63. The molecule has 5 nitrogen and oxygen atoms in total. The highest BCUT2D eigenvalue weighted by molar-refractivity contribution is 6.30. The molecule has 146 valence electrons. The second-order valence-electron chi connectivity index (χ2n) is 7.20. The average molecular weight is 402 g/mol. The van der Waals surface area contributed by atoms with Crippen molar-refractivity contribution in [3.63, 3.8) is 0 Å². The number of anilines is 1. The molecule has 2 heterocycles. The monoisotopic (exact) mass is 401 g/mol. The van der Waals surface area contributed by atoms with Crippen molar-refractivity contribution in [3.05, 3.63) is 64.9 Å². The van der Waals surface area contributed by atoms with E-state index in [1.165, 1.54) is 34.7 Å². The Hall–Kier alpha value is -2.28. The number of hydrogen-bond donors (Lipinski definition) is 0. The minimum absolute atomic E-state index is 0.174. The lowest BCUT2D eigenvalue weighted by molar-refractivity contribution is -0.123. The summed E-state index contributed by atoms with van der Waals surface area (Å²) in [6, 6.07) is 12.9. The average Bonchev–Trinajstić information content (AvgIpc) is 2.99. The van der Waals surface area contributed by atoms with Crippen LogP contribution in [0, 0.1) is 5.82 Å². The van der Waals surface area contributed by atoms with Gasteiger partial charge in [-0.2, -0.15) is 0 Å². The maximum absolute atomic E-state index is 13.1. The number of rotatable bonds is 4. The van der Waals surface area contributed by atoms with Gasteiger partial charge >= 0.3 is 0 Å². The molecule has 0 spiro atoms. The molecule has 2 aliphatic heterocycles. The Balaban J connectivity index is 1.37. The molecule has 0 radical (unpaired) electrons. The molecule has 2 aromatic rings. The first-order valence-electron chi connectivity index (χ1n) is 9.34. The Kier molecular flexibility index (Phi) is 5.44. The lowest BCUT2D eigenvalue weighted by Crippen LogP contribution is -2.52. The van der Waals surface area contributed by atoms with Crippen molar-refractivity contribution in [2.45, 2.75) is 19.0 Å². The zero-order valence-electron chi connectivity index (χ0n) is 15.4. The maximum Gasteiger partial charge on any atom is 0.251 e. The first kappa shape index (κ1) is 19.1. The second kappa shape index (κ2) is 7.99. The third-order valence-corrected chi connectivity index (χ3v) is 5.63. The van der Waals surface area contributed by atoms with E-state index >= 15 is 0 Å². The van der Waals surface area contributed by atoms with Crippen molar-refractivity contribution in [1.82, 2.24) is 9.80 Å². The molecule has 0 aromatic heterocycles. The van der Waals surface area contributed by atoms with Crippen LogP contribution in [0.15, 0.2) is 48.5 Å². The molecule has 28 heavy (non-hydrogen) atoms. The first-order valence-corrected chi connectivity index (χ1v) is 9.72. The van der Waals surface area contributed by atoms with Crippen LogP contribution in [0.3, 0.4) is 0 Å². The normalized spacial score (nSPS) is 21.5. The van der Waals surface area contributed by atoms with Crippen LogP contribution in [0.1, 0.15) is 12.0 Å². The third kappa shape index (κ3) is 3.94. The molecule has 2 fully saturated rings. The van der Waals surface area contributed by atoms with Crippen LogP contribution in [0.5, 0.6) is 0 Å². The lowest BCUT2D eigenvalue weighted by atomic mass is 10.1. The molecule has 2 aromatic carbocycles. The van der Waals surface area contributed by atoms with E-state index in [1.54, 1.807) is 0 Å². The molecule has 2 aliphatic rings. The highest BCUT2D eigenvalue weighted by Crippen LogP contribution is 2.26. The number of nitrogens with zero attached hydrogens (tertiary/aromatic N) is 3. The minimum Gasteiger partial charge on any atom is -0.297 e. The summed E-state index contributed by atoms with van der Waals surface area (Å²) in [5, 5.41) is 0.726. The van der Waals surface area contributed by atoms with Crippen LogP contribution in [-0.4, -0.2) is 53.8 Å². The first-order chi connectivity index (χ1) is 13.5. The summed E-state index contributed by atoms with van der Waals surface area (Å²) in [7, 11) is 0. The number of halogens is 2. The fourth-order valence-electron chi connectivity index (χ4n) is 3.84. The summed E-state index contributed by atoms with van der Waals surface area (Å²) in [6.45, 7) is 3.96. The molecular formula is C21H21ClFN3O2. The van der Waals surface area contributed by atoms with Crippen molar-refractivity contribution in [1.29, 1.82) is 0 Å². The molecular weight excluding hydrogens is 381 g/mol. The van der Waals surface area contributed by atoms with Gasteiger partial charge in [0.05, 0.1) is 18.2 Å². The van der Waals surface area contributed by atoms with Gasteiger partial charge in [0.2, 0.25) is 5.91 Å². The quantitative estimate of drug-likeness (QED) is 0.739. The van der Waals surface area contributed by atoms with Gasteiger partial charge in [-0.1, -0.05) is 23.7 Å². The summed E-state index contributed by atoms with van der Waals surface area (Å²) >= 11 is 5.93. The molecule has 0 unspecified atom stereocenters. The standard InChI is InChI=1S/C21H21ClFN3O2/c22-16-3-1-15(2-4-16)14-24-9-11-25(12-10-24)19-13-20(27)26(21(19)28)18-7-5-17(23)6-8-18/h1-8,19H,9-14H2/t19-/m0/s1. The number of amides is 2. The summed E-state index contributed by atoms with van der Waals surface area (Å²) in [5.74, 6) is -0.843. The summed E-state index contributed by atoms with van der Waals surface area (Å²) < 4.78 is 13.1. The molecule has 0 N–H and O–H groups in total. The highest BCUT2D eigenvalue weighted by atomic mass is 35.5. The summed E-state index contributed by atoms with van der Waals surface area (Å²) in [4.78, 5) is 30.9. The minimum atomic E-state index is -0.435. The Morgan fingerprint density at radius 3 is 2.21 bits per heavy atom. The van der Waals surface area contributed by atoms with Gasteiger partial charge in [-0.25, -0.2) is 9.29 Å². The van der Waals surface area contributed by atoms with Crippen molar-refractivity contribution in [2.24, 2.45) is 0 Å². The van der Waals surface area contributed by atoms with Crippen molar-refractivity contribution >= 4 is 29.1 Å². The SMILES string of the molecule is O=C1C[C@H](N2CCN(Cc3ccc(Cl)cc3)CC2)C(=O)N1c1ccc(F)cc1. The largest absolute Gasteiger partial charge is 0.297 e. The number of carbonyl (C=O) groups is 2. The molecule has 4 rings (SSSR count). The predicted octanol–water partition coefficient (Wildman–Crippen LogP) is 2.93. The number of piperazine rings is 1. The van der Waals surface area contributed by atoms with E-state index in [0.717, 1.165) is 37.7 Å². The Bertz CT molecular complexity index is 864. The van der Waals surface area contributed by atoms with Gasteiger partial charge in [-0.3, -0.25) is 19.4 Å². The zero-order valence-corrected chi connectivity index (χ0v) is 16.1. The van der Waals surface area contributed by atoms with E-state index in [4.69, 9.17) is 11.6 Å². The number of imide groups is 1.